The minimum atomic E-state index is -0.468. The molecule has 0 heterocycles. The van der Waals surface area contributed by atoms with Crippen molar-refractivity contribution in [1.82, 2.24) is 10.6 Å². The molecule has 0 aliphatic carbocycles. The van der Waals surface area contributed by atoms with Gasteiger partial charge in [0.1, 0.15) is 5.70 Å². The molecule has 13 heavy (non-hydrogen) atoms. The van der Waals surface area contributed by atoms with E-state index >= 15 is 0 Å². The number of aliphatic imine (C=N–C) groups is 1. The SMILES string of the molecule is CN=CC(NC=O)=C(N)C(=O)NC. The highest BCUT2D eigenvalue weighted by molar-refractivity contribution is 5.99. The normalized spacial score (nSPS) is 12.2. The van der Waals surface area contributed by atoms with Crippen LogP contribution in [0.15, 0.2) is 16.4 Å². The van der Waals surface area contributed by atoms with Crippen LogP contribution in [0.4, 0.5) is 0 Å². The molecule has 0 bridgehead atoms. The van der Waals surface area contributed by atoms with Gasteiger partial charge in [0.15, 0.2) is 0 Å². The predicted molar refractivity (Wildman–Crippen MR) is 48.9 cm³/mol. The van der Waals surface area contributed by atoms with E-state index in [1.54, 1.807) is 0 Å². The molecule has 2 amide bonds. The molecule has 0 aliphatic rings. The minimum Gasteiger partial charge on any atom is -0.393 e. The lowest BCUT2D eigenvalue weighted by atomic mass is 10.3. The fourth-order valence-electron chi connectivity index (χ4n) is 0.634. The summed E-state index contributed by atoms with van der Waals surface area (Å²) in [6.07, 6.45) is 1.71. The second kappa shape index (κ2) is 5.76. The molecule has 0 saturated heterocycles. The summed E-state index contributed by atoms with van der Waals surface area (Å²) in [5, 5.41) is 4.59. The third-order valence-corrected chi connectivity index (χ3v) is 1.23. The zero-order valence-electron chi connectivity index (χ0n) is 7.50. The fraction of sp³-hybridized carbons (Fsp3) is 0.286. The van der Waals surface area contributed by atoms with E-state index in [1.807, 2.05) is 0 Å². The summed E-state index contributed by atoms with van der Waals surface area (Å²) in [6.45, 7) is 0. The number of hydrogen-bond donors (Lipinski definition) is 3. The first-order chi connectivity index (χ1) is 6.17. The van der Waals surface area contributed by atoms with Crippen LogP contribution in [0.1, 0.15) is 0 Å². The number of carbonyl (C=O) groups is 2. The van der Waals surface area contributed by atoms with Gasteiger partial charge in [-0.1, -0.05) is 0 Å². The van der Waals surface area contributed by atoms with Crippen LogP contribution in [0.3, 0.4) is 0 Å². The van der Waals surface area contributed by atoms with Crippen LogP contribution >= 0.6 is 0 Å². The van der Waals surface area contributed by atoms with Crippen molar-refractivity contribution >= 4 is 18.5 Å². The maximum atomic E-state index is 11.0. The van der Waals surface area contributed by atoms with E-state index in [0.717, 1.165) is 0 Å². The van der Waals surface area contributed by atoms with Crippen LogP contribution in [0.25, 0.3) is 0 Å². The molecule has 0 aliphatic heterocycles. The second-order valence-corrected chi connectivity index (χ2v) is 2.06. The van der Waals surface area contributed by atoms with Crippen LogP contribution < -0.4 is 16.4 Å². The van der Waals surface area contributed by atoms with Crippen LogP contribution in [-0.4, -0.2) is 32.6 Å². The van der Waals surface area contributed by atoms with E-state index in [0.29, 0.717) is 6.41 Å². The van der Waals surface area contributed by atoms with Crippen molar-refractivity contribution in [3.05, 3.63) is 11.4 Å². The van der Waals surface area contributed by atoms with Crippen molar-refractivity contribution in [1.29, 1.82) is 0 Å². The number of allylic oxidation sites excluding steroid dienone is 1. The molecule has 0 atom stereocenters. The minimum absolute atomic E-state index is 0.0831. The van der Waals surface area contributed by atoms with Crippen molar-refractivity contribution in [3.8, 4) is 0 Å². The number of nitrogens with two attached hydrogens (primary N) is 1. The molecule has 0 saturated carbocycles. The number of carbonyl (C=O) groups excluding carboxylic acids is 2. The van der Waals surface area contributed by atoms with Gasteiger partial charge in [0, 0.05) is 20.3 Å². The van der Waals surface area contributed by atoms with Crippen LogP contribution in [0.5, 0.6) is 0 Å². The van der Waals surface area contributed by atoms with Gasteiger partial charge in [-0.15, -0.1) is 0 Å². The molecule has 0 rings (SSSR count). The number of hydrogen-bond acceptors (Lipinski definition) is 4. The fourth-order valence-corrected chi connectivity index (χ4v) is 0.634. The zero-order chi connectivity index (χ0) is 10.3. The third-order valence-electron chi connectivity index (χ3n) is 1.23. The molecule has 6 heteroatoms. The average Bonchev–Trinajstić information content (AvgIpc) is 2.15. The Labute approximate surface area is 75.9 Å². The highest BCUT2D eigenvalue weighted by Gasteiger charge is 2.07. The Morgan fingerprint density at radius 3 is 2.54 bits per heavy atom. The predicted octanol–water partition coefficient (Wildman–Crippen LogP) is -1.65. The Hall–Kier alpha value is -1.85. The Kier molecular flexibility index (Phi) is 4.94. The summed E-state index contributed by atoms with van der Waals surface area (Å²) in [7, 11) is 2.94. The molecule has 4 N–H and O–H groups in total. The monoisotopic (exact) mass is 184 g/mol. The van der Waals surface area contributed by atoms with E-state index in [1.165, 1.54) is 20.3 Å². The van der Waals surface area contributed by atoms with Crippen LogP contribution in [-0.2, 0) is 9.59 Å². The van der Waals surface area contributed by atoms with Crippen molar-refractivity contribution < 1.29 is 9.59 Å². The van der Waals surface area contributed by atoms with E-state index in [2.05, 4.69) is 15.6 Å². The summed E-state index contributed by atoms with van der Waals surface area (Å²) in [5.41, 5.74) is 5.49. The molecule has 0 fully saturated rings. The Morgan fingerprint density at radius 2 is 2.15 bits per heavy atom. The van der Waals surface area contributed by atoms with Gasteiger partial charge in [-0.05, 0) is 0 Å². The maximum absolute atomic E-state index is 11.0. The molecule has 6 nitrogen and oxygen atoms in total. The van der Waals surface area contributed by atoms with Crippen LogP contribution in [0.2, 0.25) is 0 Å². The highest BCUT2D eigenvalue weighted by Crippen LogP contribution is 1.90. The van der Waals surface area contributed by atoms with Gasteiger partial charge in [0.2, 0.25) is 6.41 Å². The van der Waals surface area contributed by atoms with E-state index in [4.69, 9.17) is 5.73 Å². The lowest BCUT2D eigenvalue weighted by Gasteiger charge is -2.04. The standard InChI is InChI=1S/C7H12N4O2/c1-9-3-5(11-4-12)6(8)7(13)10-2/h3-4H,8H2,1-2H3,(H,10,13)(H,11,12). The largest absolute Gasteiger partial charge is 0.393 e. The molecular formula is C7H12N4O2. The first kappa shape index (κ1) is 11.2. The van der Waals surface area contributed by atoms with E-state index < -0.39 is 5.91 Å². The molecule has 72 valence electrons. The number of nitrogens with zero attached hydrogens (tertiary/aromatic N) is 1. The first-order valence-corrected chi connectivity index (χ1v) is 3.51. The van der Waals surface area contributed by atoms with Gasteiger partial charge >= 0.3 is 0 Å². The summed E-state index contributed by atoms with van der Waals surface area (Å²) in [4.78, 5) is 24.7. The number of nitrogens with one attached hydrogen (secondary N) is 2. The molecule has 0 unspecified atom stereocenters. The van der Waals surface area contributed by atoms with Crippen molar-refractivity contribution in [2.24, 2.45) is 10.7 Å². The molecule has 0 spiro atoms. The smallest absolute Gasteiger partial charge is 0.269 e. The average molecular weight is 184 g/mol. The molecule has 0 aromatic rings. The summed E-state index contributed by atoms with van der Waals surface area (Å²) >= 11 is 0. The van der Waals surface area contributed by atoms with Crippen molar-refractivity contribution in [2.45, 2.75) is 0 Å². The number of likely N-dealkylation sites (N-methyl/N-ethyl adjacent to an activating group) is 1. The van der Waals surface area contributed by atoms with Gasteiger partial charge in [-0.3, -0.25) is 14.6 Å². The Bertz CT molecular complexity index is 257. The summed E-state index contributed by atoms with van der Waals surface area (Å²) in [6, 6.07) is 0. The molecule has 0 radical (unpaired) electrons. The molecular weight excluding hydrogens is 172 g/mol. The quantitative estimate of drug-likeness (QED) is 0.277. The highest BCUT2D eigenvalue weighted by atomic mass is 16.2. The number of rotatable bonds is 4. The van der Waals surface area contributed by atoms with Gasteiger partial charge in [0.05, 0.1) is 5.70 Å². The second-order valence-electron chi connectivity index (χ2n) is 2.06. The van der Waals surface area contributed by atoms with Crippen LogP contribution in [0, 0.1) is 0 Å². The number of amides is 2. The van der Waals surface area contributed by atoms with Crippen molar-refractivity contribution in [3.63, 3.8) is 0 Å². The topological polar surface area (TPSA) is 96.6 Å². The summed E-state index contributed by atoms with van der Waals surface area (Å²) in [5.74, 6) is -0.468. The van der Waals surface area contributed by atoms with E-state index in [9.17, 15) is 9.59 Å². The summed E-state index contributed by atoms with van der Waals surface area (Å²) < 4.78 is 0. The molecule has 0 aromatic heterocycles. The maximum Gasteiger partial charge on any atom is 0.269 e. The van der Waals surface area contributed by atoms with Crippen molar-refractivity contribution in [2.75, 3.05) is 14.1 Å². The zero-order valence-corrected chi connectivity index (χ0v) is 7.50. The van der Waals surface area contributed by atoms with E-state index in [-0.39, 0.29) is 11.4 Å². The lowest BCUT2D eigenvalue weighted by molar-refractivity contribution is -0.117. The van der Waals surface area contributed by atoms with Gasteiger partial charge in [0.25, 0.3) is 5.91 Å². The van der Waals surface area contributed by atoms with Gasteiger partial charge < -0.3 is 16.4 Å². The Balaban J connectivity index is 4.83. The first-order valence-electron chi connectivity index (χ1n) is 3.51. The Morgan fingerprint density at radius 1 is 1.54 bits per heavy atom. The third kappa shape index (κ3) is 3.37. The molecule has 0 aromatic carbocycles. The lowest BCUT2D eigenvalue weighted by Crippen LogP contribution is -2.30. The van der Waals surface area contributed by atoms with Gasteiger partial charge in [-0.2, -0.15) is 0 Å². The van der Waals surface area contributed by atoms with Gasteiger partial charge in [-0.25, -0.2) is 0 Å².